The Hall–Kier alpha value is -1.29. The van der Waals surface area contributed by atoms with Gasteiger partial charge in [-0.15, -0.1) is 0 Å². The van der Waals surface area contributed by atoms with Crippen molar-refractivity contribution in [1.82, 2.24) is 5.32 Å². The molecule has 0 saturated carbocycles. The number of hydrogen-bond donors (Lipinski definition) is 2. The van der Waals surface area contributed by atoms with Crippen LogP contribution in [0.3, 0.4) is 0 Å². The lowest BCUT2D eigenvalue weighted by atomic mass is 10.00. The molecule has 1 atom stereocenters. The lowest BCUT2D eigenvalue weighted by molar-refractivity contribution is -0.122. The van der Waals surface area contributed by atoms with E-state index in [0.29, 0.717) is 19.3 Å². The first-order chi connectivity index (χ1) is 7.87. The Morgan fingerprint density at radius 1 is 1.59 bits per heavy atom. The fourth-order valence-electron chi connectivity index (χ4n) is 1.56. The standard InChI is InChI=1S/C13H22N2O2/c1-10(9-11-5-4-8-17-11)15-12(16)6-7-13(2,3)14/h4-5,8,10H,6-7,9,14H2,1-3H3,(H,15,16). The van der Waals surface area contributed by atoms with E-state index in [1.54, 1.807) is 6.26 Å². The highest BCUT2D eigenvalue weighted by Gasteiger charge is 2.15. The summed E-state index contributed by atoms with van der Waals surface area (Å²) in [5.74, 6) is 0.930. The molecule has 1 amide bonds. The van der Waals surface area contributed by atoms with E-state index in [1.807, 2.05) is 32.9 Å². The zero-order valence-electron chi connectivity index (χ0n) is 10.8. The Bertz CT molecular complexity index is 339. The highest BCUT2D eigenvalue weighted by atomic mass is 16.3. The molecule has 0 aromatic carbocycles. The summed E-state index contributed by atoms with van der Waals surface area (Å²) in [6, 6.07) is 3.83. The van der Waals surface area contributed by atoms with Crippen molar-refractivity contribution in [3.8, 4) is 0 Å². The molecule has 0 aliphatic heterocycles. The molecule has 96 valence electrons. The Morgan fingerprint density at radius 3 is 2.82 bits per heavy atom. The van der Waals surface area contributed by atoms with Crippen molar-refractivity contribution < 1.29 is 9.21 Å². The Balaban J connectivity index is 2.26. The van der Waals surface area contributed by atoms with Gasteiger partial charge in [-0.3, -0.25) is 4.79 Å². The minimum absolute atomic E-state index is 0.0441. The minimum Gasteiger partial charge on any atom is -0.469 e. The van der Waals surface area contributed by atoms with Gasteiger partial charge in [-0.2, -0.15) is 0 Å². The zero-order chi connectivity index (χ0) is 12.9. The summed E-state index contributed by atoms with van der Waals surface area (Å²) in [6.45, 7) is 5.81. The average molecular weight is 238 g/mol. The maximum absolute atomic E-state index is 11.6. The topological polar surface area (TPSA) is 68.3 Å². The highest BCUT2D eigenvalue weighted by molar-refractivity contribution is 5.76. The number of rotatable bonds is 6. The van der Waals surface area contributed by atoms with Gasteiger partial charge >= 0.3 is 0 Å². The van der Waals surface area contributed by atoms with Crippen LogP contribution in [0.15, 0.2) is 22.8 Å². The van der Waals surface area contributed by atoms with Crippen molar-refractivity contribution in [3.63, 3.8) is 0 Å². The summed E-state index contributed by atoms with van der Waals surface area (Å²) in [5.41, 5.74) is 5.54. The van der Waals surface area contributed by atoms with Crippen LogP contribution in [-0.2, 0) is 11.2 Å². The van der Waals surface area contributed by atoms with Crippen LogP contribution in [0, 0.1) is 0 Å². The third-order valence-electron chi connectivity index (χ3n) is 2.49. The molecule has 1 rings (SSSR count). The molecule has 1 heterocycles. The van der Waals surface area contributed by atoms with Gasteiger partial charge in [0.25, 0.3) is 0 Å². The molecule has 0 spiro atoms. The molecule has 4 heteroatoms. The Morgan fingerprint density at radius 2 is 2.29 bits per heavy atom. The van der Waals surface area contributed by atoms with Gasteiger partial charge in [0.2, 0.25) is 5.91 Å². The second-order valence-electron chi connectivity index (χ2n) is 5.24. The molecule has 3 N–H and O–H groups in total. The van der Waals surface area contributed by atoms with Gasteiger partial charge in [-0.1, -0.05) is 0 Å². The molecular weight excluding hydrogens is 216 g/mol. The number of nitrogens with two attached hydrogens (primary N) is 1. The number of hydrogen-bond acceptors (Lipinski definition) is 3. The molecule has 1 unspecified atom stereocenters. The number of amides is 1. The second kappa shape index (κ2) is 5.87. The smallest absolute Gasteiger partial charge is 0.220 e. The summed E-state index contributed by atoms with van der Waals surface area (Å²) in [6.07, 6.45) is 3.50. The van der Waals surface area contributed by atoms with Crippen LogP contribution in [-0.4, -0.2) is 17.5 Å². The van der Waals surface area contributed by atoms with E-state index in [9.17, 15) is 4.79 Å². The summed E-state index contributed by atoms with van der Waals surface area (Å²) in [5, 5.41) is 2.94. The zero-order valence-corrected chi connectivity index (χ0v) is 10.8. The van der Waals surface area contributed by atoms with Crippen LogP contribution in [0.1, 0.15) is 39.4 Å². The van der Waals surface area contributed by atoms with Gasteiger partial charge in [0, 0.05) is 24.4 Å². The number of carbonyl (C=O) groups excluding carboxylic acids is 1. The predicted molar refractivity (Wildman–Crippen MR) is 67.5 cm³/mol. The predicted octanol–water partition coefficient (Wildman–Crippen LogP) is 1.84. The van der Waals surface area contributed by atoms with Crippen LogP contribution < -0.4 is 11.1 Å². The van der Waals surface area contributed by atoms with Crippen molar-refractivity contribution in [2.75, 3.05) is 0 Å². The molecule has 4 nitrogen and oxygen atoms in total. The third kappa shape index (κ3) is 6.12. The van der Waals surface area contributed by atoms with Crippen LogP contribution >= 0.6 is 0 Å². The van der Waals surface area contributed by atoms with Crippen molar-refractivity contribution in [1.29, 1.82) is 0 Å². The fourth-order valence-corrected chi connectivity index (χ4v) is 1.56. The van der Waals surface area contributed by atoms with Crippen LogP contribution in [0.2, 0.25) is 0 Å². The van der Waals surface area contributed by atoms with E-state index in [-0.39, 0.29) is 17.5 Å². The van der Waals surface area contributed by atoms with E-state index in [0.717, 1.165) is 5.76 Å². The van der Waals surface area contributed by atoms with E-state index < -0.39 is 0 Å². The van der Waals surface area contributed by atoms with Crippen molar-refractivity contribution >= 4 is 5.91 Å². The SMILES string of the molecule is CC(Cc1ccco1)NC(=O)CCC(C)(C)N. The highest BCUT2D eigenvalue weighted by Crippen LogP contribution is 2.08. The second-order valence-corrected chi connectivity index (χ2v) is 5.24. The molecule has 0 fully saturated rings. The number of nitrogens with one attached hydrogen (secondary N) is 1. The first kappa shape index (κ1) is 13.8. The normalized spacial score (nSPS) is 13.4. The maximum Gasteiger partial charge on any atom is 0.220 e. The van der Waals surface area contributed by atoms with Gasteiger partial charge < -0.3 is 15.5 Å². The van der Waals surface area contributed by atoms with Crippen LogP contribution in [0.5, 0.6) is 0 Å². The van der Waals surface area contributed by atoms with E-state index in [4.69, 9.17) is 10.2 Å². The quantitative estimate of drug-likeness (QED) is 0.794. The molecular formula is C13H22N2O2. The largest absolute Gasteiger partial charge is 0.469 e. The molecule has 0 radical (unpaired) electrons. The average Bonchev–Trinajstić information content (AvgIpc) is 2.66. The van der Waals surface area contributed by atoms with E-state index in [2.05, 4.69) is 5.32 Å². The van der Waals surface area contributed by atoms with Gasteiger partial charge in [-0.25, -0.2) is 0 Å². The maximum atomic E-state index is 11.6. The lowest BCUT2D eigenvalue weighted by Crippen LogP contribution is -2.37. The summed E-state index contributed by atoms with van der Waals surface area (Å²) >= 11 is 0. The molecule has 0 aliphatic rings. The number of carbonyl (C=O) groups is 1. The molecule has 17 heavy (non-hydrogen) atoms. The molecule has 0 aliphatic carbocycles. The van der Waals surface area contributed by atoms with Crippen LogP contribution in [0.4, 0.5) is 0 Å². The first-order valence-corrected chi connectivity index (χ1v) is 5.97. The molecule has 1 aromatic rings. The van der Waals surface area contributed by atoms with Gasteiger partial charge in [0.05, 0.1) is 6.26 Å². The van der Waals surface area contributed by atoms with Gasteiger partial charge in [0.1, 0.15) is 5.76 Å². The fraction of sp³-hybridized carbons (Fsp3) is 0.615. The van der Waals surface area contributed by atoms with E-state index >= 15 is 0 Å². The lowest BCUT2D eigenvalue weighted by Gasteiger charge is -2.19. The molecule has 1 aromatic heterocycles. The monoisotopic (exact) mass is 238 g/mol. The Labute approximate surface area is 103 Å². The van der Waals surface area contributed by atoms with Crippen molar-refractivity contribution in [3.05, 3.63) is 24.2 Å². The summed E-state index contributed by atoms with van der Waals surface area (Å²) < 4.78 is 5.23. The third-order valence-corrected chi connectivity index (χ3v) is 2.49. The number of furan rings is 1. The van der Waals surface area contributed by atoms with Gasteiger partial charge in [-0.05, 0) is 39.3 Å². The molecule has 0 bridgehead atoms. The summed E-state index contributed by atoms with van der Waals surface area (Å²) in [4.78, 5) is 11.6. The summed E-state index contributed by atoms with van der Waals surface area (Å²) in [7, 11) is 0. The van der Waals surface area contributed by atoms with Crippen molar-refractivity contribution in [2.24, 2.45) is 5.73 Å². The Kier molecular flexibility index (Phi) is 4.75. The van der Waals surface area contributed by atoms with Crippen molar-refractivity contribution in [2.45, 2.75) is 51.6 Å². The molecule has 0 saturated heterocycles. The van der Waals surface area contributed by atoms with E-state index in [1.165, 1.54) is 0 Å². The van der Waals surface area contributed by atoms with Gasteiger partial charge in [0.15, 0.2) is 0 Å². The first-order valence-electron chi connectivity index (χ1n) is 5.97. The van der Waals surface area contributed by atoms with Crippen LogP contribution in [0.25, 0.3) is 0 Å². The minimum atomic E-state index is -0.290.